The molecule has 0 bridgehead atoms. The number of ether oxygens (including phenoxy) is 1. The fourth-order valence-corrected chi connectivity index (χ4v) is 6.56. The Bertz CT molecular complexity index is 1170. The SMILES string of the molecule is N#Cc1c(NC(=O)CSc2nnc(-c3ccco3)n2CC2CCCO2)sc2c1CCCCCC2. The van der Waals surface area contributed by atoms with E-state index in [4.69, 9.17) is 9.15 Å². The number of amides is 1. The first-order chi connectivity index (χ1) is 16.7. The smallest absolute Gasteiger partial charge is 0.235 e. The molecular formula is C24H27N5O3S2. The van der Waals surface area contributed by atoms with Gasteiger partial charge in [-0.3, -0.25) is 9.36 Å². The molecular weight excluding hydrogens is 470 g/mol. The Hall–Kier alpha value is -2.61. The Kier molecular flexibility index (Phi) is 7.33. The summed E-state index contributed by atoms with van der Waals surface area (Å²) in [6.07, 6.45) is 10.3. The van der Waals surface area contributed by atoms with E-state index in [1.165, 1.54) is 29.5 Å². The van der Waals surface area contributed by atoms with Gasteiger partial charge in [-0.25, -0.2) is 0 Å². The minimum absolute atomic E-state index is 0.0988. The lowest BCUT2D eigenvalue weighted by Crippen LogP contribution is -2.18. The number of hydrogen-bond acceptors (Lipinski definition) is 8. The molecule has 4 heterocycles. The van der Waals surface area contributed by atoms with Gasteiger partial charge in [-0.2, -0.15) is 5.26 Å². The van der Waals surface area contributed by atoms with Gasteiger partial charge in [-0.1, -0.05) is 24.6 Å². The van der Waals surface area contributed by atoms with Crippen LogP contribution < -0.4 is 5.32 Å². The number of furan rings is 1. The van der Waals surface area contributed by atoms with Crippen LogP contribution in [0.1, 0.15) is 54.5 Å². The van der Waals surface area contributed by atoms with Gasteiger partial charge < -0.3 is 14.5 Å². The molecule has 34 heavy (non-hydrogen) atoms. The van der Waals surface area contributed by atoms with Gasteiger partial charge in [-0.05, 0) is 56.2 Å². The number of carbonyl (C=O) groups excluding carboxylic acids is 1. The summed E-state index contributed by atoms with van der Waals surface area (Å²) in [6.45, 7) is 1.38. The molecule has 1 N–H and O–H groups in total. The number of nitriles is 1. The van der Waals surface area contributed by atoms with Crippen molar-refractivity contribution in [2.45, 2.75) is 69.2 Å². The number of carbonyl (C=O) groups is 1. The largest absolute Gasteiger partial charge is 0.461 e. The highest BCUT2D eigenvalue weighted by molar-refractivity contribution is 7.99. The minimum Gasteiger partial charge on any atom is -0.461 e. The quantitative estimate of drug-likeness (QED) is 0.456. The van der Waals surface area contributed by atoms with Crippen molar-refractivity contribution in [3.05, 3.63) is 34.4 Å². The molecule has 1 aliphatic heterocycles. The second-order valence-electron chi connectivity index (χ2n) is 8.60. The number of thioether (sulfide) groups is 1. The summed E-state index contributed by atoms with van der Waals surface area (Å²) in [7, 11) is 0. The summed E-state index contributed by atoms with van der Waals surface area (Å²) >= 11 is 2.89. The standard InChI is InChI=1S/C24H27N5O3S2/c25-13-18-17-8-3-1-2-4-10-20(17)34-23(18)26-21(30)15-33-24-28-27-22(19-9-6-12-32-19)29(24)14-16-7-5-11-31-16/h6,9,12,16H,1-5,7-8,10-11,14-15H2,(H,26,30). The van der Waals surface area contributed by atoms with Crippen molar-refractivity contribution in [3.63, 3.8) is 0 Å². The van der Waals surface area contributed by atoms with Crippen molar-refractivity contribution >= 4 is 34.0 Å². The van der Waals surface area contributed by atoms with E-state index in [2.05, 4.69) is 21.6 Å². The number of aryl methyl sites for hydroxylation is 1. The van der Waals surface area contributed by atoms with Gasteiger partial charge in [0.2, 0.25) is 11.7 Å². The Balaban J connectivity index is 1.29. The number of fused-ring (bicyclic) bond motifs is 1. The van der Waals surface area contributed by atoms with Crippen LogP contribution >= 0.6 is 23.1 Å². The Labute approximate surface area is 206 Å². The van der Waals surface area contributed by atoms with Crippen LogP contribution in [0.2, 0.25) is 0 Å². The number of hydrogen-bond donors (Lipinski definition) is 1. The maximum Gasteiger partial charge on any atom is 0.235 e. The van der Waals surface area contributed by atoms with Crippen molar-refractivity contribution in [2.24, 2.45) is 0 Å². The maximum absolute atomic E-state index is 12.9. The first-order valence-electron chi connectivity index (χ1n) is 11.8. The minimum atomic E-state index is -0.151. The van der Waals surface area contributed by atoms with Gasteiger partial charge in [0, 0.05) is 11.5 Å². The van der Waals surface area contributed by atoms with Crippen LogP contribution in [-0.2, 0) is 28.9 Å². The number of rotatable bonds is 7. The molecule has 3 aromatic rings. The van der Waals surface area contributed by atoms with Gasteiger partial charge >= 0.3 is 0 Å². The van der Waals surface area contributed by atoms with Gasteiger partial charge in [0.05, 0.1) is 30.2 Å². The van der Waals surface area contributed by atoms with Crippen LogP contribution in [0.25, 0.3) is 11.6 Å². The van der Waals surface area contributed by atoms with Crippen LogP contribution in [0.15, 0.2) is 28.0 Å². The third-order valence-corrected chi connectivity index (χ3v) is 8.41. The molecule has 8 nitrogen and oxygen atoms in total. The highest BCUT2D eigenvalue weighted by Crippen LogP contribution is 2.37. The monoisotopic (exact) mass is 497 g/mol. The molecule has 1 saturated heterocycles. The predicted molar refractivity (Wildman–Crippen MR) is 131 cm³/mol. The first-order valence-corrected chi connectivity index (χ1v) is 13.6. The molecule has 1 aliphatic carbocycles. The van der Waals surface area contributed by atoms with E-state index in [1.807, 2.05) is 16.7 Å². The second-order valence-corrected chi connectivity index (χ2v) is 10.6. The molecule has 0 spiro atoms. The molecule has 0 aromatic carbocycles. The summed E-state index contributed by atoms with van der Waals surface area (Å²) < 4.78 is 13.3. The number of thiophene rings is 1. The Morgan fingerprint density at radius 3 is 2.91 bits per heavy atom. The lowest BCUT2D eigenvalue weighted by Gasteiger charge is -2.13. The van der Waals surface area contributed by atoms with E-state index in [9.17, 15) is 10.1 Å². The summed E-state index contributed by atoms with van der Waals surface area (Å²) in [4.78, 5) is 14.1. The van der Waals surface area contributed by atoms with Crippen molar-refractivity contribution in [1.29, 1.82) is 5.26 Å². The molecule has 5 rings (SSSR count). The van der Waals surface area contributed by atoms with E-state index in [0.717, 1.165) is 50.7 Å². The van der Waals surface area contributed by atoms with E-state index >= 15 is 0 Å². The van der Waals surface area contributed by atoms with Crippen LogP contribution in [-0.4, -0.2) is 39.1 Å². The zero-order chi connectivity index (χ0) is 23.3. The van der Waals surface area contributed by atoms with Crippen molar-refractivity contribution in [2.75, 3.05) is 17.7 Å². The molecule has 10 heteroatoms. The second kappa shape index (κ2) is 10.8. The van der Waals surface area contributed by atoms with Gasteiger partial charge in [0.1, 0.15) is 11.1 Å². The first kappa shape index (κ1) is 23.1. The summed E-state index contributed by atoms with van der Waals surface area (Å²) in [5.74, 6) is 1.29. The van der Waals surface area contributed by atoms with E-state index in [0.29, 0.717) is 33.9 Å². The number of anilines is 1. The molecule has 2 aliphatic rings. The van der Waals surface area contributed by atoms with Gasteiger partial charge in [0.25, 0.3) is 0 Å². The molecule has 1 fully saturated rings. The predicted octanol–water partition coefficient (Wildman–Crippen LogP) is 5.04. The third kappa shape index (κ3) is 5.06. The lowest BCUT2D eigenvalue weighted by atomic mass is 9.97. The molecule has 0 saturated carbocycles. The average molecular weight is 498 g/mol. The molecule has 3 aromatic heterocycles. The van der Waals surface area contributed by atoms with Crippen molar-refractivity contribution < 1.29 is 13.9 Å². The normalized spacial score (nSPS) is 18.1. The fourth-order valence-electron chi connectivity index (χ4n) is 4.56. The van der Waals surface area contributed by atoms with Gasteiger partial charge in [-0.15, -0.1) is 21.5 Å². The highest BCUT2D eigenvalue weighted by Gasteiger charge is 2.24. The zero-order valence-electron chi connectivity index (χ0n) is 18.9. The van der Waals surface area contributed by atoms with Crippen molar-refractivity contribution in [3.8, 4) is 17.7 Å². The topological polar surface area (TPSA) is 106 Å². The molecule has 1 unspecified atom stereocenters. The van der Waals surface area contributed by atoms with Crippen LogP contribution in [0.4, 0.5) is 5.00 Å². The van der Waals surface area contributed by atoms with E-state index in [-0.39, 0.29) is 17.8 Å². The zero-order valence-corrected chi connectivity index (χ0v) is 20.6. The highest BCUT2D eigenvalue weighted by atomic mass is 32.2. The Morgan fingerprint density at radius 2 is 2.15 bits per heavy atom. The van der Waals surface area contributed by atoms with Gasteiger partial charge in [0.15, 0.2) is 10.9 Å². The maximum atomic E-state index is 12.9. The molecule has 0 radical (unpaired) electrons. The fraction of sp³-hybridized carbons (Fsp3) is 0.500. The molecule has 1 amide bonds. The van der Waals surface area contributed by atoms with E-state index in [1.54, 1.807) is 17.6 Å². The van der Waals surface area contributed by atoms with E-state index < -0.39 is 0 Å². The van der Waals surface area contributed by atoms with Crippen LogP contribution in [0.5, 0.6) is 0 Å². The lowest BCUT2D eigenvalue weighted by molar-refractivity contribution is -0.113. The third-order valence-electron chi connectivity index (χ3n) is 6.24. The van der Waals surface area contributed by atoms with Crippen molar-refractivity contribution in [1.82, 2.24) is 14.8 Å². The molecule has 1 atom stereocenters. The van der Waals surface area contributed by atoms with Crippen LogP contribution in [0, 0.1) is 11.3 Å². The average Bonchev–Trinajstić information content (AvgIpc) is 3.61. The Morgan fingerprint density at radius 1 is 1.26 bits per heavy atom. The summed E-state index contributed by atoms with van der Waals surface area (Å²) in [6, 6.07) is 6.01. The summed E-state index contributed by atoms with van der Waals surface area (Å²) in [5, 5.41) is 22.7. The number of nitrogens with zero attached hydrogens (tertiary/aromatic N) is 4. The number of nitrogens with one attached hydrogen (secondary N) is 1. The molecule has 178 valence electrons. The summed E-state index contributed by atoms with van der Waals surface area (Å²) in [5.41, 5.74) is 1.77. The number of aromatic nitrogens is 3. The van der Waals surface area contributed by atoms with Crippen LogP contribution in [0.3, 0.4) is 0 Å².